The highest BCUT2D eigenvalue weighted by atomic mass is 35.5. The Morgan fingerprint density at radius 2 is 2.18 bits per heavy atom. The van der Waals surface area contributed by atoms with Crippen molar-refractivity contribution in [1.82, 2.24) is 5.43 Å². The molecular weight excluding hydrogens is 307 g/mol. The van der Waals surface area contributed by atoms with E-state index < -0.39 is 5.91 Å². The number of nitrogens with zero attached hydrogens (tertiary/aromatic N) is 1. The van der Waals surface area contributed by atoms with Crippen LogP contribution in [0.5, 0.6) is 5.75 Å². The van der Waals surface area contributed by atoms with Crippen molar-refractivity contribution in [2.24, 2.45) is 5.10 Å². The molecule has 0 saturated carbocycles. The molecule has 0 atom stereocenters. The maximum absolute atomic E-state index is 12.9. The first-order valence-electron chi connectivity index (χ1n) is 6.51. The van der Waals surface area contributed by atoms with Crippen molar-refractivity contribution in [1.29, 1.82) is 0 Å². The predicted octanol–water partition coefficient (Wildman–Crippen LogP) is 3.32. The van der Waals surface area contributed by atoms with Crippen LogP contribution in [0.1, 0.15) is 11.1 Å². The zero-order valence-corrected chi connectivity index (χ0v) is 12.6. The molecule has 0 fully saturated rings. The standard InChI is InChI=1S/C16H14ClFN2O2/c1-11-7-14(5-6-15(11)17)22-10-16(21)20-19-9-12-3-2-4-13(18)8-12/h2-9H,10H2,1H3,(H,20,21)/b19-9+. The molecule has 6 heteroatoms. The average Bonchev–Trinajstić information content (AvgIpc) is 2.48. The summed E-state index contributed by atoms with van der Waals surface area (Å²) in [5.74, 6) is -0.233. The van der Waals surface area contributed by atoms with E-state index in [4.69, 9.17) is 16.3 Å². The van der Waals surface area contributed by atoms with Crippen LogP contribution in [-0.4, -0.2) is 18.7 Å². The third kappa shape index (κ3) is 4.86. The normalized spacial score (nSPS) is 10.7. The summed E-state index contributed by atoms with van der Waals surface area (Å²) in [6.45, 7) is 1.67. The van der Waals surface area contributed by atoms with Gasteiger partial charge in [0.15, 0.2) is 6.61 Å². The minimum Gasteiger partial charge on any atom is -0.484 e. The van der Waals surface area contributed by atoms with Crippen molar-refractivity contribution < 1.29 is 13.9 Å². The first-order valence-corrected chi connectivity index (χ1v) is 6.89. The molecule has 2 rings (SSSR count). The van der Waals surface area contributed by atoms with Gasteiger partial charge in [-0.3, -0.25) is 4.79 Å². The molecule has 114 valence electrons. The zero-order chi connectivity index (χ0) is 15.9. The molecule has 0 heterocycles. The highest BCUT2D eigenvalue weighted by Gasteiger charge is 2.03. The van der Waals surface area contributed by atoms with Gasteiger partial charge < -0.3 is 4.74 Å². The topological polar surface area (TPSA) is 50.7 Å². The summed E-state index contributed by atoms with van der Waals surface area (Å²) in [6, 6.07) is 11.0. The average molecular weight is 321 g/mol. The minimum atomic E-state index is -0.416. The Labute approximate surface area is 132 Å². The van der Waals surface area contributed by atoms with Crippen LogP contribution in [0, 0.1) is 12.7 Å². The molecule has 1 amide bonds. The second-order valence-corrected chi connectivity index (χ2v) is 4.96. The van der Waals surface area contributed by atoms with Gasteiger partial charge in [0.25, 0.3) is 5.91 Å². The third-order valence-electron chi connectivity index (χ3n) is 2.75. The summed E-state index contributed by atoms with van der Waals surface area (Å²) >= 11 is 5.90. The SMILES string of the molecule is Cc1cc(OCC(=O)N/N=C/c2cccc(F)c2)ccc1Cl. The van der Waals surface area contributed by atoms with E-state index in [0.717, 1.165) is 5.56 Å². The fraction of sp³-hybridized carbons (Fsp3) is 0.125. The molecule has 1 N–H and O–H groups in total. The molecular formula is C16H14ClFN2O2. The lowest BCUT2D eigenvalue weighted by Crippen LogP contribution is -2.24. The number of hydrogen-bond donors (Lipinski definition) is 1. The highest BCUT2D eigenvalue weighted by molar-refractivity contribution is 6.31. The first kappa shape index (κ1) is 16.0. The second kappa shape index (κ2) is 7.56. The summed E-state index contributed by atoms with van der Waals surface area (Å²) in [6.07, 6.45) is 1.35. The minimum absolute atomic E-state index is 0.179. The van der Waals surface area contributed by atoms with Crippen molar-refractivity contribution >= 4 is 23.7 Å². The number of rotatable bonds is 5. The van der Waals surface area contributed by atoms with Crippen molar-refractivity contribution in [2.45, 2.75) is 6.92 Å². The quantitative estimate of drug-likeness (QED) is 0.678. The summed E-state index contributed by atoms with van der Waals surface area (Å²) in [5, 5.41) is 4.37. The van der Waals surface area contributed by atoms with Crippen LogP contribution in [0.3, 0.4) is 0 Å². The summed E-state index contributed by atoms with van der Waals surface area (Å²) < 4.78 is 18.3. The lowest BCUT2D eigenvalue weighted by Gasteiger charge is -2.06. The summed E-state index contributed by atoms with van der Waals surface area (Å²) in [7, 11) is 0. The Bertz CT molecular complexity index is 704. The van der Waals surface area contributed by atoms with Crippen LogP contribution >= 0.6 is 11.6 Å². The van der Waals surface area contributed by atoms with Crippen LogP contribution in [0.25, 0.3) is 0 Å². The number of carbonyl (C=O) groups is 1. The van der Waals surface area contributed by atoms with Crippen LogP contribution in [0.2, 0.25) is 5.02 Å². The predicted molar refractivity (Wildman–Crippen MR) is 83.8 cm³/mol. The number of carbonyl (C=O) groups excluding carboxylic acids is 1. The molecule has 0 aromatic heterocycles. The smallest absolute Gasteiger partial charge is 0.277 e. The Morgan fingerprint density at radius 1 is 1.36 bits per heavy atom. The third-order valence-corrected chi connectivity index (χ3v) is 3.17. The van der Waals surface area contributed by atoms with E-state index in [1.54, 1.807) is 30.3 Å². The van der Waals surface area contributed by atoms with E-state index >= 15 is 0 Å². The van der Waals surface area contributed by atoms with Gasteiger partial charge in [-0.1, -0.05) is 23.7 Å². The molecule has 22 heavy (non-hydrogen) atoms. The monoisotopic (exact) mass is 320 g/mol. The molecule has 0 aliphatic heterocycles. The first-order chi connectivity index (χ1) is 10.5. The molecule has 2 aromatic rings. The van der Waals surface area contributed by atoms with Gasteiger partial charge in [0, 0.05) is 5.02 Å². The van der Waals surface area contributed by atoms with E-state index in [0.29, 0.717) is 16.3 Å². The Morgan fingerprint density at radius 3 is 2.91 bits per heavy atom. The van der Waals surface area contributed by atoms with E-state index in [1.165, 1.54) is 18.3 Å². The molecule has 2 aromatic carbocycles. The second-order valence-electron chi connectivity index (χ2n) is 4.55. The van der Waals surface area contributed by atoms with Crippen LogP contribution in [0.15, 0.2) is 47.6 Å². The molecule has 0 spiro atoms. The zero-order valence-electron chi connectivity index (χ0n) is 11.8. The molecule has 0 unspecified atom stereocenters. The number of hydrogen-bond acceptors (Lipinski definition) is 3. The van der Waals surface area contributed by atoms with Gasteiger partial charge in [-0.15, -0.1) is 0 Å². The maximum atomic E-state index is 12.9. The number of ether oxygens (including phenoxy) is 1. The van der Waals surface area contributed by atoms with Gasteiger partial charge in [-0.05, 0) is 48.4 Å². The summed E-state index contributed by atoms with van der Waals surface area (Å²) in [5.41, 5.74) is 3.72. The fourth-order valence-corrected chi connectivity index (χ4v) is 1.77. The summed E-state index contributed by atoms with van der Waals surface area (Å²) in [4.78, 5) is 11.6. The Kier molecular flexibility index (Phi) is 5.49. The largest absolute Gasteiger partial charge is 0.484 e. The Balaban J connectivity index is 1.81. The maximum Gasteiger partial charge on any atom is 0.277 e. The van der Waals surface area contributed by atoms with E-state index in [9.17, 15) is 9.18 Å². The highest BCUT2D eigenvalue weighted by Crippen LogP contribution is 2.20. The number of benzene rings is 2. The van der Waals surface area contributed by atoms with Gasteiger partial charge in [-0.2, -0.15) is 5.10 Å². The number of hydrazone groups is 1. The number of halogens is 2. The molecule has 0 aliphatic rings. The van der Waals surface area contributed by atoms with Gasteiger partial charge in [0.1, 0.15) is 11.6 Å². The van der Waals surface area contributed by atoms with Gasteiger partial charge >= 0.3 is 0 Å². The van der Waals surface area contributed by atoms with Crippen molar-refractivity contribution in [3.05, 3.63) is 64.4 Å². The number of nitrogens with one attached hydrogen (secondary N) is 1. The van der Waals surface area contributed by atoms with E-state index in [2.05, 4.69) is 10.5 Å². The van der Waals surface area contributed by atoms with Crippen molar-refractivity contribution in [2.75, 3.05) is 6.61 Å². The van der Waals surface area contributed by atoms with Crippen LogP contribution in [0.4, 0.5) is 4.39 Å². The van der Waals surface area contributed by atoms with E-state index in [-0.39, 0.29) is 12.4 Å². The molecule has 4 nitrogen and oxygen atoms in total. The number of aryl methyl sites for hydroxylation is 1. The lowest BCUT2D eigenvalue weighted by molar-refractivity contribution is -0.123. The van der Waals surface area contributed by atoms with Gasteiger partial charge in [0.2, 0.25) is 0 Å². The molecule has 0 aliphatic carbocycles. The van der Waals surface area contributed by atoms with Crippen molar-refractivity contribution in [3.63, 3.8) is 0 Å². The molecule has 0 bridgehead atoms. The molecule has 0 saturated heterocycles. The van der Waals surface area contributed by atoms with Gasteiger partial charge in [-0.25, -0.2) is 9.82 Å². The lowest BCUT2D eigenvalue weighted by atomic mass is 10.2. The fourth-order valence-electron chi connectivity index (χ4n) is 1.65. The van der Waals surface area contributed by atoms with Crippen molar-refractivity contribution in [3.8, 4) is 5.75 Å². The Hall–Kier alpha value is -2.40. The molecule has 0 radical (unpaired) electrons. The number of amides is 1. The van der Waals surface area contributed by atoms with Crippen LogP contribution in [-0.2, 0) is 4.79 Å². The van der Waals surface area contributed by atoms with Gasteiger partial charge in [0.05, 0.1) is 6.21 Å². The van der Waals surface area contributed by atoms with E-state index in [1.807, 2.05) is 6.92 Å². The van der Waals surface area contributed by atoms with Crippen LogP contribution < -0.4 is 10.2 Å².